The van der Waals surface area contributed by atoms with Gasteiger partial charge in [0.25, 0.3) is 5.92 Å². The zero-order chi connectivity index (χ0) is 14.6. The van der Waals surface area contributed by atoms with Gasteiger partial charge >= 0.3 is 5.97 Å². The fraction of sp³-hybridized carbons (Fsp3) is 0.500. The van der Waals surface area contributed by atoms with Crippen molar-refractivity contribution in [2.45, 2.75) is 31.6 Å². The van der Waals surface area contributed by atoms with Crippen molar-refractivity contribution in [3.63, 3.8) is 0 Å². The highest BCUT2D eigenvalue weighted by atomic mass is 19.3. The smallest absolute Gasteiger partial charge is 0.303 e. The molecule has 0 aromatic heterocycles. The third-order valence-corrected chi connectivity index (χ3v) is 3.05. The minimum atomic E-state index is -3.07. The molecule has 0 saturated heterocycles. The van der Waals surface area contributed by atoms with Crippen molar-refractivity contribution in [1.29, 1.82) is 0 Å². The maximum absolute atomic E-state index is 14.0. The van der Waals surface area contributed by atoms with Gasteiger partial charge in [-0.25, -0.2) is 8.78 Å². The first-order valence-corrected chi connectivity index (χ1v) is 6.49. The van der Waals surface area contributed by atoms with E-state index in [1.165, 1.54) is 18.2 Å². The first-order valence-electron chi connectivity index (χ1n) is 6.49. The number of fused-ring (bicyclic) bond motifs is 1. The summed E-state index contributed by atoms with van der Waals surface area (Å²) in [4.78, 5) is 10.4. The number of rotatable bonds is 5. The molecule has 1 heterocycles. The van der Waals surface area contributed by atoms with E-state index in [1.54, 1.807) is 0 Å². The lowest BCUT2D eigenvalue weighted by atomic mass is 10.0. The molecule has 110 valence electrons. The Bertz CT molecular complexity index is 488. The molecule has 1 aliphatic heterocycles. The minimum absolute atomic E-state index is 0.0726. The lowest BCUT2D eigenvalue weighted by Gasteiger charge is -2.18. The van der Waals surface area contributed by atoms with Crippen molar-refractivity contribution in [2.75, 3.05) is 13.2 Å². The van der Waals surface area contributed by atoms with Crippen LogP contribution in [0.4, 0.5) is 8.78 Å². The van der Waals surface area contributed by atoms with Crippen LogP contribution in [0.15, 0.2) is 18.2 Å². The van der Waals surface area contributed by atoms with Gasteiger partial charge in [-0.2, -0.15) is 0 Å². The molecule has 6 heteroatoms. The van der Waals surface area contributed by atoms with E-state index in [9.17, 15) is 13.6 Å². The summed E-state index contributed by atoms with van der Waals surface area (Å²) in [7, 11) is 0. The minimum Gasteiger partial charge on any atom is -0.490 e. The van der Waals surface area contributed by atoms with Gasteiger partial charge in [0.15, 0.2) is 11.5 Å². The number of carbonyl (C=O) groups is 1. The van der Waals surface area contributed by atoms with Crippen molar-refractivity contribution < 1.29 is 28.2 Å². The molecule has 0 spiro atoms. The van der Waals surface area contributed by atoms with Crippen molar-refractivity contribution in [3.8, 4) is 11.5 Å². The zero-order valence-corrected chi connectivity index (χ0v) is 10.9. The zero-order valence-electron chi connectivity index (χ0n) is 10.9. The molecule has 2 rings (SSSR count). The molecule has 4 nitrogen and oxygen atoms in total. The van der Waals surface area contributed by atoms with Crippen LogP contribution in [0.2, 0.25) is 0 Å². The van der Waals surface area contributed by atoms with Crippen LogP contribution in [0.5, 0.6) is 11.5 Å². The van der Waals surface area contributed by atoms with E-state index in [4.69, 9.17) is 14.6 Å². The predicted molar refractivity (Wildman–Crippen MR) is 67.4 cm³/mol. The maximum Gasteiger partial charge on any atom is 0.303 e. The predicted octanol–water partition coefficient (Wildman–Crippen LogP) is 3.19. The average Bonchev–Trinajstić information content (AvgIpc) is 2.62. The van der Waals surface area contributed by atoms with Crippen LogP contribution in [-0.2, 0) is 10.7 Å². The SMILES string of the molecule is O=C(O)CCCC(F)(F)c1ccc2c(c1)OCCCO2. The summed E-state index contributed by atoms with van der Waals surface area (Å²) >= 11 is 0. The Morgan fingerprint density at radius 3 is 2.65 bits per heavy atom. The Labute approximate surface area is 115 Å². The van der Waals surface area contributed by atoms with Gasteiger partial charge < -0.3 is 14.6 Å². The van der Waals surface area contributed by atoms with Crippen LogP contribution in [-0.4, -0.2) is 24.3 Å². The molecular formula is C14H16F2O4. The Balaban J connectivity index is 2.11. The average molecular weight is 286 g/mol. The summed E-state index contributed by atoms with van der Waals surface area (Å²) in [6.07, 6.45) is -0.130. The van der Waals surface area contributed by atoms with E-state index in [0.717, 1.165) is 0 Å². The standard InChI is InChI=1S/C14H16F2O4/c15-14(16,6-1-3-13(17)18)10-4-5-11-12(9-10)20-8-2-7-19-11/h4-5,9H,1-3,6-8H2,(H,17,18). The van der Waals surface area contributed by atoms with E-state index in [1.807, 2.05) is 0 Å². The van der Waals surface area contributed by atoms with Crippen molar-refractivity contribution >= 4 is 5.97 Å². The number of ether oxygens (including phenoxy) is 2. The Morgan fingerprint density at radius 2 is 1.95 bits per heavy atom. The fourth-order valence-electron chi connectivity index (χ4n) is 2.00. The first-order chi connectivity index (χ1) is 9.49. The van der Waals surface area contributed by atoms with Crippen molar-refractivity contribution in [2.24, 2.45) is 0 Å². The third kappa shape index (κ3) is 3.59. The second kappa shape index (κ2) is 6.07. The summed E-state index contributed by atoms with van der Waals surface area (Å²) in [5.41, 5.74) is -0.174. The van der Waals surface area contributed by atoms with Gasteiger partial charge in [-0.3, -0.25) is 4.79 Å². The van der Waals surface area contributed by atoms with Gasteiger partial charge in [0.05, 0.1) is 13.2 Å². The molecule has 1 aliphatic rings. The van der Waals surface area contributed by atoms with Crippen LogP contribution >= 0.6 is 0 Å². The van der Waals surface area contributed by atoms with Crippen LogP contribution in [0.1, 0.15) is 31.2 Å². The summed E-state index contributed by atoms with van der Waals surface area (Å²) in [6, 6.07) is 4.05. The normalized spacial score (nSPS) is 14.7. The molecule has 0 amide bonds. The number of benzene rings is 1. The molecule has 0 bridgehead atoms. The molecule has 20 heavy (non-hydrogen) atoms. The van der Waals surface area contributed by atoms with E-state index >= 15 is 0 Å². The van der Waals surface area contributed by atoms with Gasteiger partial charge in [-0.05, 0) is 24.6 Å². The Morgan fingerprint density at radius 1 is 1.25 bits per heavy atom. The van der Waals surface area contributed by atoms with Crippen LogP contribution in [0.3, 0.4) is 0 Å². The topological polar surface area (TPSA) is 55.8 Å². The molecule has 0 atom stereocenters. The molecule has 1 aromatic carbocycles. The molecule has 1 N–H and O–H groups in total. The molecular weight excluding hydrogens is 270 g/mol. The van der Waals surface area contributed by atoms with Gasteiger partial charge in [0, 0.05) is 24.8 Å². The molecule has 0 radical (unpaired) electrons. The lowest BCUT2D eigenvalue weighted by Crippen LogP contribution is -2.14. The highest BCUT2D eigenvalue weighted by Crippen LogP contribution is 2.39. The Hall–Kier alpha value is -1.85. The quantitative estimate of drug-likeness (QED) is 0.903. The summed E-state index contributed by atoms with van der Waals surface area (Å²) in [5, 5.41) is 8.49. The lowest BCUT2D eigenvalue weighted by molar-refractivity contribution is -0.137. The van der Waals surface area contributed by atoms with Gasteiger partial charge in [0.1, 0.15) is 0 Å². The molecule has 0 unspecified atom stereocenters. The van der Waals surface area contributed by atoms with Gasteiger partial charge in [0.2, 0.25) is 0 Å². The van der Waals surface area contributed by atoms with E-state index < -0.39 is 18.3 Å². The third-order valence-electron chi connectivity index (χ3n) is 3.05. The first kappa shape index (κ1) is 14.6. The molecule has 0 saturated carbocycles. The number of carboxylic acid groups (broad SMARTS) is 1. The van der Waals surface area contributed by atoms with Gasteiger partial charge in [-0.1, -0.05) is 0 Å². The number of alkyl halides is 2. The number of hydrogen-bond acceptors (Lipinski definition) is 3. The van der Waals surface area contributed by atoms with Gasteiger partial charge in [-0.15, -0.1) is 0 Å². The molecule has 1 aromatic rings. The second-order valence-corrected chi connectivity index (χ2v) is 4.66. The van der Waals surface area contributed by atoms with E-state index in [0.29, 0.717) is 31.1 Å². The highest BCUT2D eigenvalue weighted by molar-refractivity contribution is 5.66. The Kier molecular flexibility index (Phi) is 4.42. The summed E-state index contributed by atoms with van der Waals surface area (Å²) in [5.74, 6) is -3.36. The van der Waals surface area contributed by atoms with Crippen molar-refractivity contribution in [3.05, 3.63) is 23.8 Å². The summed E-state index contributed by atoms with van der Waals surface area (Å²) in [6.45, 7) is 0.933. The largest absolute Gasteiger partial charge is 0.490 e. The highest BCUT2D eigenvalue weighted by Gasteiger charge is 2.32. The van der Waals surface area contributed by atoms with E-state index in [-0.39, 0.29) is 18.4 Å². The molecule has 0 aliphatic carbocycles. The van der Waals surface area contributed by atoms with Crippen LogP contribution < -0.4 is 9.47 Å². The fourth-order valence-corrected chi connectivity index (χ4v) is 2.00. The van der Waals surface area contributed by atoms with Crippen molar-refractivity contribution in [1.82, 2.24) is 0 Å². The van der Waals surface area contributed by atoms with Crippen LogP contribution in [0, 0.1) is 0 Å². The molecule has 0 fully saturated rings. The second-order valence-electron chi connectivity index (χ2n) is 4.66. The number of hydrogen-bond donors (Lipinski definition) is 1. The maximum atomic E-state index is 14.0. The number of aliphatic carboxylic acids is 1. The van der Waals surface area contributed by atoms with Crippen LogP contribution in [0.25, 0.3) is 0 Å². The monoisotopic (exact) mass is 286 g/mol. The van der Waals surface area contributed by atoms with E-state index in [2.05, 4.69) is 0 Å². The summed E-state index contributed by atoms with van der Waals surface area (Å²) < 4.78 is 38.7. The number of halogens is 2. The number of carboxylic acids is 1.